The topological polar surface area (TPSA) is 61.4 Å². The Morgan fingerprint density at radius 2 is 1.81 bits per heavy atom. The Balaban J connectivity index is 1.83. The molecule has 1 aliphatic rings. The van der Waals surface area contributed by atoms with Crippen LogP contribution in [0.15, 0.2) is 30.3 Å². The average Bonchev–Trinajstić information content (AvgIpc) is 3.01. The molecule has 138 valence electrons. The van der Waals surface area contributed by atoms with Crippen molar-refractivity contribution < 1.29 is 9.59 Å². The van der Waals surface area contributed by atoms with E-state index in [2.05, 4.69) is 10.6 Å². The molecule has 0 spiro atoms. The van der Waals surface area contributed by atoms with Crippen molar-refractivity contribution in [3.05, 3.63) is 51.2 Å². The molecular weight excluding hydrogens is 346 g/mol. The Kier molecular flexibility index (Phi) is 6.06. The van der Waals surface area contributed by atoms with Crippen LogP contribution in [0.25, 0.3) is 0 Å². The molecule has 0 saturated carbocycles. The molecule has 1 heterocycles. The monoisotopic (exact) mass is 371 g/mol. The zero-order chi connectivity index (χ0) is 18.5. The first-order valence-corrected chi connectivity index (χ1v) is 9.81. The van der Waals surface area contributed by atoms with E-state index in [-0.39, 0.29) is 11.8 Å². The van der Waals surface area contributed by atoms with Crippen molar-refractivity contribution in [3.63, 3.8) is 0 Å². The van der Waals surface area contributed by atoms with E-state index in [4.69, 9.17) is 0 Å². The number of likely N-dealkylation sites (N-methyl/N-ethyl adjacent to an activating group) is 1. The van der Waals surface area contributed by atoms with E-state index in [1.807, 2.05) is 37.2 Å². The lowest BCUT2D eigenvalue weighted by Gasteiger charge is -2.14. The summed E-state index contributed by atoms with van der Waals surface area (Å²) < 4.78 is 0. The zero-order valence-electron chi connectivity index (χ0n) is 15.3. The van der Waals surface area contributed by atoms with Crippen LogP contribution in [0, 0.1) is 0 Å². The van der Waals surface area contributed by atoms with Gasteiger partial charge >= 0.3 is 0 Å². The summed E-state index contributed by atoms with van der Waals surface area (Å²) in [6.07, 6.45) is 4.14. The van der Waals surface area contributed by atoms with Crippen LogP contribution in [-0.2, 0) is 12.8 Å². The van der Waals surface area contributed by atoms with E-state index >= 15 is 0 Å². The minimum Gasteiger partial charge on any atom is -0.350 e. The predicted molar refractivity (Wildman–Crippen MR) is 106 cm³/mol. The summed E-state index contributed by atoms with van der Waals surface area (Å²) in [5, 5.41) is 5.99. The minimum atomic E-state index is -0.167. The van der Waals surface area contributed by atoms with Crippen molar-refractivity contribution >= 4 is 28.8 Å². The fourth-order valence-corrected chi connectivity index (χ4v) is 4.37. The summed E-state index contributed by atoms with van der Waals surface area (Å²) in [6, 6.07) is 9.13. The second-order valence-corrected chi connectivity index (χ2v) is 7.90. The van der Waals surface area contributed by atoms with Gasteiger partial charge in [0.05, 0.1) is 5.69 Å². The summed E-state index contributed by atoms with van der Waals surface area (Å²) in [5.74, 6) is -0.270. The Labute approximate surface area is 158 Å². The molecule has 3 rings (SSSR count). The Morgan fingerprint density at radius 3 is 2.54 bits per heavy atom. The van der Waals surface area contributed by atoms with Gasteiger partial charge in [0.1, 0.15) is 4.88 Å². The first kappa shape index (κ1) is 18.6. The van der Waals surface area contributed by atoms with Gasteiger partial charge in [-0.1, -0.05) is 18.2 Å². The second-order valence-electron chi connectivity index (χ2n) is 6.79. The number of hydrogen-bond acceptors (Lipinski definition) is 4. The van der Waals surface area contributed by atoms with Gasteiger partial charge in [-0.2, -0.15) is 0 Å². The molecule has 26 heavy (non-hydrogen) atoms. The Bertz CT molecular complexity index is 784. The number of anilines is 1. The standard InChI is InChI=1S/C20H25N3O2S/c1-23(2)13-12-21-20(25)18-17(15-10-6-7-11-16(15)26-18)22-19(24)14-8-4-3-5-9-14/h3-5,8-9H,6-7,10-13H2,1-2H3,(H,21,25)(H,22,24). The number of fused-ring (bicyclic) bond motifs is 1. The summed E-state index contributed by atoms with van der Waals surface area (Å²) in [4.78, 5) is 29.2. The molecule has 2 aromatic rings. The first-order chi connectivity index (χ1) is 12.6. The lowest BCUT2D eigenvalue weighted by atomic mass is 9.97. The maximum absolute atomic E-state index is 12.7. The third kappa shape index (κ3) is 4.31. The fraction of sp³-hybridized carbons (Fsp3) is 0.400. The number of nitrogens with one attached hydrogen (secondary N) is 2. The van der Waals surface area contributed by atoms with E-state index < -0.39 is 0 Å². The smallest absolute Gasteiger partial charge is 0.263 e. The number of rotatable bonds is 6. The molecule has 1 aromatic carbocycles. The number of nitrogens with zero attached hydrogens (tertiary/aromatic N) is 1. The van der Waals surface area contributed by atoms with Gasteiger partial charge in [0.2, 0.25) is 0 Å². The van der Waals surface area contributed by atoms with Crippen LogP contribution in [0.2, 0.25) is 0 Å². The quantitative estimate of drug-likeness (QED) is 0.820. The van der Waals surface area contributed by atoms with Gasteiger partial charge in [0.15, 0.2) is 0 Å². The summed E-state index contributed by atoms with van der Waals surface area (Å²) >= 11 is 1.53. The molecule has 0 fully saturated rings. The van der Waals surface area contributed by atoms with E-state index in [1.165, 1.54) is 16.2 Å². The van der Waals surface area contributed by atoms with Crippen LogP contribution in [0.4, 0.5) is 5.69 Å². The molecule has 5 nitrogen and oxygen atoms in total. The molecule has 1 aliphatic carbocycles. The van der Waals surface area contributed by atoms with Crippen LogP contribution < -0.4 is 10.6 Å². The molecule has 0 radical (unpaired) electrons. The van der Waals surface area contributed by atoms with Gasteiger partial charge < -0.3 is 15.5 Å². The van der Waals surface area contributed by atoms with Crippen molar-refractivity contribution in [3.8, 4) is 0 Å². The highest BCUT2D eigenvalue weighted by atomic mass is 32.1. The minimum absolute atomic E-state index is 0.102. The second kappa shape index (κ2) is 8.47. The van der Waals surface area contributed by atoms with Gasteiger partial charge in [0, 0.05) is 23.5 Å². The van der Waals surface area contributed by atoms with Crippen LogP contribution in [0.3, 0.4) is 0 Å². The largest absolute Gasteiger partial charge is 0.350 e. The summed E-state index contributed by atoms with van der Waals surface area (Å²) in [6.45, 7) is 1.36. The predicted octanol–water partition coefficient (Wildman–Crippen LogP) is 3.17. The zero-order valence-corrected chi connectivity index (χ0v) is 16.1. The van der Waals surface area contributed by atoms with Crippen molar-refractivity contribution in [2.45, 2.75) is 25.7 Å². The maximum atomic E-state index is 12.7. The molecule has 0 saturated heterocycles. The van der Waals surface area contributed by atoms with Crippen molar-refractivity contribution in [2.24, 2.45) is 0 Å². The van der Waals surface area contributed by atoms with Crippen molar-refractivity contribution in [2.75, 3.05) is 32.5 Å². The fourth-order valence-electron chi connectivity index (χ4n) is 3.11. The maximum Gasteiger partial charge on any atom is 0.263 e. The molecule has 6 heteroatoms. The molecule has 0 atom stereocenters. The van der Waals surface area contributed by atoms with E-state index in [0.29, 0.717) is 22.7 Å². The van der Waals surface area contributed by atoms with Crippen LogP contribution in [-0.4, -0.2) is 43.9 Å². The van der Waals surface area contributed by atoms with Crippen LogP contribution in [0.1, 0.15) is 43.3 Å². The number of aryl methyl sites for hydroxylation is 1. The van der Waals surface area contributed by atoms with E-state index in [0.717, 1.165) is 37.8 Å². The Hall–Kier alpha value is -2.18. The highest BCUT2D eigenvalue weighted by Crippen LogP contribution is 2.38. The molecule has 2 amide bonds. The summed E-state index contributed by atoms with van der Waals surface area (Å²) in [7, 11) is 3.95. The molecule has 1 aromatic heterocycles. The normalized spacial score (nSPS) is 13.3. The number of hydrogen-bond donors (Lipinski definition) is 2. The summed E-state index contributed by atoms with van der Waals surface area (Å²) in [5.41, 5.74) is 2.45. The van der Waals surface area contributed by atoms with Crippen molar-refractivity contribution in [1.29, 1.82) is 0 Å². The van der Waals surface area contributed by atoms with Gasteiger partial charge in [-0.15, -0.1) is 11.3 Å². The van der Waals surface area contributed by atoms with Gasteiger partial charge in [-0.25, -0.2) is 0 Å². The van der Waals surface area contributed by atoms with Crippen molar-refractivity contribution in [1.82, 2.24) is 10.2 Å². The molecule has 2 N–H and O–H groups in total. The molecular formula is C20H25N3O2S. The Morgan fingerprint density at radius 1 is 1.08 bits per heavy atom. The molecule has 0 aliphatic heterocycles. The third-order valence-corrected chi connectivity index (χ3v) is 5.79. The van der Waals surface area contributed by atoms with E-state index in [9.17, 15) is 9.59 Å². The molecule has 0 bridgehead atoms. The lowest BCUT2D eigenvalue weighted by Crippen LogP contribution is -2.31. The number of carbonyl (C=O) groups is 2. The lowest BCUT2D eigenvalue weighted by molar-refractivity contribution is 0.0956. The molecule has 0 unspecified atom stereocenters. The van der Waals surface area contributed by atoms with Crippen LogP contribution >= 0.6 is 11.3 Å². The third-order valence-electron chi connectivity index (χ3n) is 4.50. The highest BCUT2D eigenvalue weighted by molar-refractivity contribution is 7.15. The number of thiophene rings is 1. The first-order valence-electron chi connectivity index (χ1n) is 9.00. The van der Waals surface area contributed by atoms with E-state index in [1.54, 1.807) is 12.1 Å². The van der Waals surface area contributed by atoms with Gasteiger partial charge in [0.25, 0.3) is 11.8 Å². The highest BCUT2D eigenvalue weighted by Gasteiger charge is 2.25. The number of carbonyl (C=O) groups excluding carboxylic acids is 2. The SMILES string of the molecule is CN(C)CCNC(=O)c1sc2c(c1NC(=O)c1ccccc1)CCCC2. The van der Waals surface area contributed by atoms with Crippen LogP contribution in [0.5, 0.6) is 0 Å². The average molecular weight is 372 g/mol. The number of amides is 2. The van der Waals surface area contributed by atoms with Gasteiger partial charge in [-0.05, 0) is 57.5 Å². The van der Waals surface area contributed by atoms with Gasteiger partial charge in [-0.3, -0.25) is 9.59 Å². The number of benzene rings is 1.